The first-order valence-electron chi connectivity index (χ1n) is 5.22. The van der Waals surface area contributed by atoms with Gasteiger partial charge < -0.3 is 10.1 Å². The van der Waals surface area contributed by atoms with Gasteiger partial charge in [-0.2, -0.15) is 0 Å². The van der Waals surface area contributed by atoms with E-state index in [0.29, 0.717) is 5.92 Å². The lowest BCUT2D eigenvalue weighted by Crippen LogP contribution is -2.28. The molecule has 3 nitrogen and oxygen atoms in total. The van der Waals surface area contributed by atoms with Crippen LogP contribution >= 0.6 is 15.9 Å². The number of nitrogens with zero attached hydrogens (tertiary/aromatic N) is 1. The van der Waals surface area contributed by atoms with Crippen LogP contribution in [0.15, 0.2) is 16.7 Å². The van der Waals surface area contributed by atoms with Crippen LogP contribution in [0.1, 0.15) is 24.5 Å². The number of hydrogen-bond acceptors (Lipinski definition) is 3. The number of ether oxygens (including phenoxy) is 1. The lowest BCUT2D eigenvalue weighted by Gasteiger charge is -2.22. The largest absolute Gasteiger partial charge is 0.497 e. The summed E-state index contributed by atoms with van der Waals surface area (Å²) in [5, 5.41) is 3.39. The Bertz CT molecular complexity index is 337. The summed E-state index contributed by atoms with van der Waals surface area (Å²) in [5.74, 6) is 1.39. The van der Waals surface area contributed by atoms with Crippen LogP contribution in [0.2, 0.25) is 0 Å². The molecule has 1 saturated heterocycles. The fourth-order valence-electron chi connectivity index (χ4n) is 1.92. The van der Waals surface area contributed by atoms with E-state index in [4.69, 9.17) is 4.74 Å². The maximum atomic E-state index is 5.24. The zero-order valence-corrected chi connectivity index (χ0v) is 10.4. The third-order valence-electron chi connectivity index (χ3n) is 2.74. The zero-order valence-electron chi connectivity index (χ0n) is 8.79. The molecule has 1 fully saturated rings. The van der Waals surface area contributed by atoms with Gasteiger partial charge in [0.05, 0.1) is 7.11 Å². The summed E-state index contributed by atoms with van der Waals surface area (Å²) in [6.45, 7) is 2.15. The van der Waals surface area contributed by atoms with Crippen molar-refractivity contribution in [2.24, 2.45) is 0 Å². The average molecular weight is 271 g/mol. The molecule has 1 aliphatic rings. The highest BCUT2D eigenvalue weighted by Crippen LogP contribution is 2.26. The fourth-order valence-corrected chi connectivity index (χ4v) is 2.35. The Kier molecular flexibility index (Phi) is 3.59. The third-order valence-corrected chi connectivity index (χ3v) is 3.14. The van der Waals surface area contributed by atoms with Crippen molar-refractivity contribution in [1.29, 1.82) is 0 Å². The highest BCUT2D eigenvalue weighted by atomic mass is 79.9. The molecule has 1 aromatic rings. The lowest BCUT2D eigenvalue weighted by molar-refractivity contribution is 0.408. The molecule has 0 aliphatic carbocycles. The highest BCUT2D eigenvalue weighted by Gasteiger charge is 2.17. The smallest absolute Gasteiger partial charge is 0.123 e. The summed E-state index contributed by atoms with van der Waals surface area (Å²) in [4.78, 5) is 4.50. The van der Waals surface area contributed by atoms with Crippen molar-refractivity contribution in [3.63, 3.8) is 0 Å². The molecular formula is C11H15BrN2O. The van der Waals surface area contributed by atoms with Crippen LogP contribution in [-0.4, -0.2) is 25.2 Å². The van der Waals surface area contributed by atoms with Crippen molar-refractivity contribution >= 4 is 15.9 Å². The molecule has 1 aliphatic heterocycles. The van der Waals surface area contributed by atoms with Crippen molar-refractivity contribution in [3.05, 3.63) is 22.4 Å². The number of rotatable bonds is 2. The summed E-state index contributed by atoms with van der Waals surface area (Å²) in [7, 11) is 1.69. The van der Waals surface area contributed by atoms with Crippen molar-refractivity contribution in [3.8, 4) is 5.75 Å². The molecule has 1 unspecified atom stereocenters. The predicted octanol–water partition coefficient (Wildman–Crippen LogP) is 2.32. The number of halogens is 1. The van der Waals surface area contributed by atoms with Crippen LogP contribution < -0.4 is 10.1 Å². The van der Waals surface area contributed by atoms with E-state index in [1.165, 1.54) is 12.8 Å². The Morgan fingerprint density at radius 3 is 3.07 bits per heavy atom. The van der Waals surface area contributed by atoms with Gasteiger partial charge in [0.2, 0.25) is 0 Å². The van der Waals surface area contributed by atoms with E-state index in [2.05, 4.69) is 26.2 Å². The molecule has 1 N–H and O–H groups in total. The van der Waals surface area contributed by atoms with Crippen LogP contribution in [0, 0.1) is 0 Å². The zero-order chi connectivity index (χ0) is 10.7. The van der Waals surface area contributed by atoms with Crippen LogP contribution in [0.3, 0.4) is 0 Å². The number of aromatic nitrogens is 1. The Hall–Kier alpha value is -0.610. The van der Waals surface area contributed by atoms with E-state index in [-0.39, 0.29) is 0 Å². The fraction of sp³-hybridized carbons (Fsp3) is 0.545. The van der Waals surface area contributed by atoms with Crippen LogP contribution in [0.25, 0.3) is 0 Å². The van der Waals surface area contributed by atoms with Gasteiger partial charge in [-0.3, -0.25) is 0 Å². The first kappa shape index (κ1) is 10.9. The van der Waals surface area contributed by atoms with Gasteiger partial charge in [-0.05, 0) is 35.3 Å². The van der Waals surface area contributed by atoms with E-state index < -0.39 is 0 Å². The Labute approximate surface area is 98.4 Å². The van der Waals surface area contributed by atoms with Crippen LogP contribution in [0.5, 0.6) is 5.75 Å². The van der Waals surface area contributed by atoms with Gasteiger partial charge in [0.15, 0.2) is 0 Å². The third kappa shape index (κ3) is 2.69. The maximum Gasteiger partial charge on any atom is 0.123 e. The average Bonchev–Trinajstić information content (AvgIpc) is 2.29. The summed E-state index contributed by atoms with van der Waals surface area (Å²) in [6.07, 6.45) is 2.43. The molecular weight excluding hydrogens is 256 g/mol. The van der Waals surface area contributed by atoms with E-state index in [1.54, 1.807) is 7.11 Å². The number of piperidine rings is 1. The van der Waals surface area contributed by atoms with Crippen molar-refractivity contribution in [1.82, 2.24) is 10.3 Å². The molecule has 15 heavy (non-hydrogen) atoms. The van der Waals surface area contributed by atoms with Crippen molar-refractivity contribution in [2.45, 2.75) is 18.8 Å². The van der Waals surface area contributed by atoms with Gasteiger partial charge in [0, 0.05) is 30.3 Å². The van der Waals surface area contributed by atoms with Crippen molar-refractivity contribution in [2.75, 3.05) is 20.2 Å². The number of nitrogens with one attached hydrogen (secondary N) is 1. The minimum absolute atomic E-state index is 0.519. The molecule has 0 saturated carbocycles. The molecule has 0 bridgehead atoms. The van der Waals surface area contributed by atoms with Gasteiger partial charge in [0.25, 0.3) is 0 Å². The number of methoxy groups -OCH3 is 1. The summed E-state index contributed by atoms with van der Waals surface area (Å²) < 4.78 is 6.09. The molecule has 2 heterocycles. The Balaban J connectivity index is 2.22. The number of hydrogen-bond donors (Lipinski definition) is 1. The SMILES string of the molecule is COc1cc(Br)nc(C2CCCNC2)c1. The molecule has 4 heteroatoms. The van der Waals surface area contributed by atoms with Gasteiger partial charge in [-0.25, -0.2) is 4.98 Å². The molecule has 2 rings (SSSR count). The standard InChI is InChI=1S/C11H15BrN2O/c1-15-9-5-10(14-11(12)6-9)8-3-2-4-13-7-8/h5-6,8,13H,2-4,7H2,1H3. The minimum Gasteiger partial charge on any atom is -0.497 e. The van der Waals surface area contributed by atoms with Crippen LogP contribution in [-0.2, 0) is 0 Å². The van der Waals surface area contributed by atoms with Gasteiger partial charge >= 0.3 is 0 Å². The van der Waals surface area contributed by atoms with Crippen LogP contribution in [0.4, 0.5) is 0 Å². The minimum atomic E-state index is 0.519. The second-order valence-electron chi connectivity index (χ2n) is 3.80. The highest BCUT2D eigenvalue weighted by molar-refractivity contribution is 9.10. The Morgan fingerprint density at radius 2 is 2.40 bits per heavy atom. The summed E-state index contributed by atoms with van der Waals surface area (Å²) in [5.41, 5.74) is 1.12. The molecule has 0 aromatic carbocycles. The van der Waals surface area contributed by atoms with E-state index in [1.807, 2.05) is 12.1 Å². The maximum absolute atomic E-state index is 5.24. The van der Waals surface area contributed by atoms with E-state index in [9.17, 15) is 0 Å². The Morgan fingerprint density at radius 1 is 1.53 bits per heavy atom. The molecule has 1 aromatic heterocycles. The lowest BCUT2D eigenvalue weighted by atomic mass is 9.96. The van der Waals surface area contributed by atoms with Gasteiger partial charge in [-0.15, -0.1) is 0 Å². The summed E-state index contributed by atoms with van der Waals surface area (Å²) in [6, 6.07) is 3.92. The quantitative estimate of drug-likeness (QED) is 0.838. The van der Waals surface area contributed by atoms with Gasteiger partial charge in [0.1, 0.15) is 10.4 Å². The first-order valence-corrected chi connectivity index (χ1v) is 6.01. The van der Waals surface area contributed by atoms with Gasteiger partial charge in [-0.1, -0.05) is 0 Å². The second-order valence-corrected chi connectivity index (χ2v) is 4.61. The topological polar surface area (TPSA) is 34.1 Å². The number of pyridine rings is 1. The second kappa shape index (κ2) is 4.94. The molecule has 0 spiro atoms. The van der Waals surface area contributed by atoms with Crippen molar-refractivity contribution < 1.29 is 4.74 Å². The normalized spacial score (nSPS) is 21.3. The summed E-state index contributed by atoms with van der Waals surface area (Å²) >= 11 is 3.41. The predicted molar refractivity (Wildman–Crippen MR) is 63.3 cm³/mol. The molecule has 0 amide bonds. The van der Waals surface area contributed by atoms with E-state index >= 15 is 0 Å². The molecule has 1 atom stereocenters. The monoisotopic (exact) mass is 270 g/mol. The molecule has 82 valence electrons. The first-order chi connectivity index (χ1) is 7.29. The molecule has 0 radical (unpaired) electrons. The van der Waals surface area contributed by atoms with E-state index in [0.717, 1.165) is 29.1 Å².